The number of hydrogen-bond acceptors (Lipinski definition) is 3. The summed E-state index contributed by atoms with van der Waals surface area (Å²) < 4.78 is 4.11. The van der Waals surface area contributed by atoms with Crippen molar-refractivity contribution < 1.29 is 0 Å². The first kappa shape index (κ1) is 15.8. The van der Waals surface area contributed by atoms with Crippen molar-refractivity contribution in [3.63, 3.8) is 0 Å². The maximum absolute atomic E-state index is 4.53. The first-order valence-electron chi connectivity index (χ1n) is 7.76. The fourth-order valence-electron chi connectivity index (χ4n) is 2.47. The van der Waals surface area contributed by atoms with Crippen LogP contribution in [0.2, 0.25) is 0 Å². The Balaban J connectivity index is 2.06. The summed E-state index contributed by atoms with van der Waals surface area (Å²) in [6.45, 7) is 14.3. The van der Waals surface area contributed by atoms with Gasteiger partial charge in [-0.25, -0.2) is 0 Å². The summed E-state index contributed by atoms with van der Waals surface area (Å²) in [4.78, 5) is 0. The Morgan fingerprint density at radius 3 is 2.67 bits per heavy atom. The van der Waals surface area contributed by atoms with E-state index >= 15 is 0 Å². The first-order valence-corrected chi connectivity index (χ1v) is 7.76. The van der Waals surface area contributed by atoms with Crippen LogP contribution in [-0.2, 0) is 19.6 Å². The molecule has 2 aromatic rings. The number of aromatic nitrogens is 4. The molecule has 0 aliphatic heterocycles. The van der Waals surface area contributed by atoms with E-state index < -0.39 is 0 Å². The van der Waals surface area contributed by atoms with Gasteiger partial charge in [0.15, 0.2) is 0 Å². The number of rotatable bonds is 7. The second kappa shape index (κ2) is 6.89. The molecule has 0 radical (unpaired) electrons. The molecule has 0 spiro atoms. The molecule has 2 aromatic heterocycles. The van der Waals surface area contributed by atoms with Gasteiger partial charge in [-0.15, -0.1) is 0 Å². The van der Waals surface area contributed by atoms with Crippen LogP contribution in [0, 0.1) is 19.8 Å². The SMILES string of the molecule is CCn1nc(C)cc1Cn1ncc(CNCC(C)C)c1C. The van der Waals surface area contributed by atoms with Crippen molar-refractivity contribution in [2.75, 3.05) is 6.54 Å². The van der Waals surface area contributed by atoms with Gasteiger partial charge in [0.2, 0.25) is 0 Å². The summed E-state index contributed by atoms with van der Waals surface area (Å²) in [5, 5.41) is 12.5. The molecule has 0 unspecified atom stereocenters. The van der Waals surface area contributed by atoms with Gasteiger partial charge < -0.3 is 5.32 Å². The summed E-state index contributed by atoms with van der Waals surface area (Å²) >= 11 is 0. The van der Waals surface area contributed by atoms with Crippen LogP contribution < -0.4 is 5.32 Å². The molecule has 0 aliphatic carbocycles. The predicted octanol–water partition coefficient (Wildman–Crippen LogP) is 2.51. The second-order valence-corrected chi connectivity index (χ2v) is 6.03. The van der Waals surface area contributed by atoms with E-state index in [-0.39, 0.29) is 0 Å². The molecule has 0 aliphatic rings. The molecule has 2 heterocycles. The Labute approximate surface area is 127 Å². The first-order chi connectivity index (χ1) is 10.0. The number of hydrogen-bond donors (Lipinski definition) is 1. The molecule has 21 heavy (non-hydrogen) atoms. The smallest absolute Gasteiger partial charge is 0.0831 e. The van der Waals surface area contributed by atoms with Crippen LogP contribution in [-0.4, -0.2) is 26.1 Å². The van der Waals surface area contributed by atoms with E-state index in [1.165, 1.54) is 17.0 Å². The van der Waals surface area contributed by atoms with Gasteiger partial charge >= 0.3 is 0 Å². The summed E-state index contributed by atoms with van der Waals surface area (Å²) in [5.41, 5.74) is 4.78. The molecule has 0 amide bonds. The third-order valence-electron chi connectivity index (χ3n) is 3.67. The topological polar surface area (TPSA) is 47.7 Å². The molecule has 0 saturated carbocycles. The lowest BCUT2D eigenvalue weighted by molar-refractivity contribution is 0.549. The van der Waals surface area contributed by atoms with Crippen molar-refractivity contribution in [3.05, 3.63) is 34.9 Å². The molecule has 5 heteroatoms. The Hall–Kier alpha value is -1.62. The highest BCUT2D eigenvalue weighted by Gasteiger charge is 2.10. The van der Waals surface area contributed by atoms with Gasteiger partial charge in [-0.3, -0.25) is 9.36 Å². The number of nitrogens with one attached hydrogen (secondary N) is 1. The van der Waals surface area contributed by atoms with E-state index in [0.717, 1.165) is 31.9 Å². The third kappa shape index (κ3) is 3.94. The van der Waals surface area contributed by atoms with Gasteiger partial charge in [0.1, 0.15) is 0 Å². The van der Waals surface area contributed by atoms with Crippen LogP contribution in [0.1, 0.15) is 43.4 Å². The lowest BCUT2D eigenvalue weighted by atomic mass is 10.2. The fourth-order valence-corrected chi connectivity index (χ4v) is 2.47. The van der Waals surface area contributed by atoms with Gasteiger partial charge in [0.25, 0.3) is 0 Å². The number of nitrogens with zero attached hydrogens (tertiary/aromatic N) is 4. The average molecular weight is 289 g/mol. The minimum Gasteiger partial charge on any atom is -0.312 e. The van der Waals surface area contributed by atoms with Crippen LogP contribution in [0.15, 0.2) is 12.3 Å². The minimum absolute atomic E-state index is 0.669. The molecule has 0 saturated heterocycles. The maximum Gasteiger partial charge on any atom is 0.0831 e. The van der Waals surface area contributed by atoms with Crippen molar-refractivity contribution >= 4 is 0 Å². The van der Waals surface area contributed by atoms with E-state index in [1.54, 1.807) is 0 Å². The summed E-state index contributed by atoms with van der Waals surface area (Å²) in [5.74, 6) is 0.669. The van der Waals surface area contributed by atoms with Crippen LogP contribution in [0.5, 0.6) is 0 Å². The van der Waals surface area contributed by atoms with Gasteiger partial charge in [-0.1, -0.05) is 13.8 Å². The Morgan fingerprint density at radius 2 is 2.00 bits per heavy atom. The van der Waals surface area contributed by atoms with E-state index in [9.17, 15) is 0 Å². The Kier molecular flexibility index (Phi) is 5.17. The van der Waals surface area contributed by atoms with Crippen molar-refractivity contribution in [1.29, 1.82) is 0 Å². The van der Waals surface area contributed by atoms with Crippen LogP contribution in [0.4, 0.5) is 0 Å². The zero-order valence-corrected chi connectivity index (χ0v) is 13.8. The summed E-state index contributed by atoms with van der Waals surface area (Å²) in [6.07, 6.45) is 1.97. The van der Waals surface area contributed by atoms with Crippen molar-refractivity contribution in [2.45, 2.75) is 54.3 Å². The lowest BCUT2D eigenvalue weighted by Crippen LogP contribution is -2.19. The molecule has 0 fully saturated rings. The van der Waals surface area contributed by atoms with E-state index in [2.05, 4.69) is 54.0 Å². The highest BCUT2D eigenvalue weighted by atomic mass is 15.3. The Morgan fingerprint density at radius 1 is 1.24 bits per heavy atom. The molecule has 0 bridgehead atoms. The molecule has 116 valence electrons. The quantitative estimate of drug-likeness (QED) is 0.852. The van der Waals surface area contributed by atoms with Gasteiger partial charge in [-0.05, 0) is 39.3 Å². The molecule has 2 rings (SSSR count). The van der Waals surface area contributed by atoms with E-state index in [0.29, 0.717) is 5.92 Å². The van der Waals surface area contributed by atoms with Gasteiger partial charge in [0, 0.05) is 24.3 Å². The van der Waals surface area contributed by atoms with Crippen molar-refractivity contribution in [3.8, 4) is 0 Å². The maximum atomic E-state index is 4.53. The van der Waals surface area contributed by atoms with Crippen LogP contribution in [0.25, 0.3) is 0 Å². The molecule has 0 atom stereocenters. The van der Waals surface area contributed by atoms with Crippen LogP contribution in [0.3, 0.4) is 0 Å². The second-order valence-electron chi connectivity index (χ2n) is 6.03. The molecule has 0 aromatic carbocycles. The summed E-state index contributed by atoms with van der Waals surface area (Å²) in [7, 11) is 0. The lowest BCUT2D eigenvalue weighted by Gasteiger charge is -2.09. The number of aryl methyl sites for hydroxylation is 2. The third-order valence-corrected chi connectivity index (χ3v) is 3.67. The molecular formula is C16H27N5. The van der Waals surface area contributed by atoms with Gasteiger partial charge in [-0.2, -0.15) is 10.2 Å². The standard InChI is InChI=1S/C16H27N5/c1-6-20-16(7-13(4)19-20)11-21-14(5)15(10-18-21)9-17-8-12(2)3/h7,10,12,17H,6,8-9,11H2,1-5H3. The van der Waals surface area contributed by atoms with E-state index in [1.807, 2.05) is 17.8 Å². The fraction of sp³-hybridized carbons (Fsp3) is 0.625. The van der Waals surface area contributed by atoms with E-state index in [4.69, 9.17) is 0 Å². The predicted molar refractivity (Wildman–Crippen MR) is 85.2 cm³/mol. The summed E-state index contributed by atoms with van der Waals surface area (Å²) in [6, 6.07) is 2.14. The molecular weight excluding hydrogens is 262 g/mol. The highest BCUT2D eigenvalue weighted by Crippen LogP contribution is 2.11. The zero-order valence-electron chi connectivity index (χ0n) is 13.8. The normalized spacial score (nSPS) is 11.5. The largest absolute Gasteiger partial charge is 0.312 e. The van der Waals surface area contributed by atoms with Crippen molar-refractivity contribution in [2.24, 2.45) is 5.92 Å². The molecule has 1 N–H and O–H groups in total. The van der Waals surface area contributed by atoms with Crippen molar-refractivity contribution in [1.82, 2.24) is 24.9 Å². The average Bonchev–Trinajstić information content (AvgIpc) is 2.95. The zero-order chi connectivity index (χ0) is 15.4. The molecule has 5 nitrogen and oxygen atoms in total. The monoisotopic (exact) mass is 289 g/mol. The highest BCUT2D eigenvalue weighted by molar-refractivity contribution is 5.18. The van der Waals surface area contributed by atoms with Gasteiger partial charge in [0.05, 0.1) is 24.1 Å². The van der Waals surface area contributed by atoms with Crippen LogP contribution >= 0.6 is 0 Å². The minimum atomic E-state index is 0.669. The Bertz CT molecular complexity index is 580.